The molecule has 0 saturated heterocycles. The van der Waals surface area contributed by atoms with Crippen molar-refractivity contribution in [3.8, 4) is 0 Å². The number of hydrogen-bond acceptors (Lipinski definition) is 3. The summed E-state index contributed by atoms with van der Waals surface area (Å²) in [5.74, 6) is 0.962. The number of hydrogen-bond donors (Lipinski definition) is 2. The number of carbonyl (C=O) groups excluding carboxylic acids is 1. The largest absolute Gasteiger partial charge is 0.355 e. The standard InChI is InChI=1S/C15H24N2OS/c1-4-16-8-9-17-15(18)7-10-19-14-6-5-12(2)13(3)11-14/h5-6,11,16H,4,7-10H2,1-3H3,(H,17,18). The molecule has 0 atom stereocenters. The molecule has 0 bridgehead atoms. The van der Waals surface area contributed by atoms with Gasteiger partial charge in [-0.2, -0.15) is 0 Å². The molecule has 1 aromatic carbocycles. The summed E-state index contributed by atoms with van der Waals surface area (Å²) in [5, 5.41) is 6.09. The first-order valence-electron chi connectivity index (χ1n) is 6.81. The second-order valence-electron chi connectivity index (χ2n) is 4.55. The molecule has 0 saturated carbocycles. The molecular weight excluding hydrogens is 256 g/mol. The van der Waals surface area contributed by atoms with Crippen LogP contribution in [-0.4, -0.2) is 31.3 Å². The maximum atomic E-state index is 11.6. The lowest BCUT2D eigenvalue weighted by atomic mass is 10.1. The van der Waals surface area contributed by atoms with Crippen LogP contribution < -0.4 is 10.6 Å². The SMILES string of the molecule is CCNCCNC(=O)CCSc1ccc(C)c(C)c1. The first kappa shape index (κ1) is 16.1. The molecule has 0 aliphatic rings. The van der Waals surface area contributed by atoms with Gasteiger partial charge in [-0.15, -0.1) is 11.8 Å². The third kappa shape index (κ3) is 6.64. The molecule has 1 rings (SSSR count). The van der Waals surface area contributed by atoms with E-state index in [1.165, 1.54) is 16.0 Å². The molecule has 19 heavy (non-hydrogen) atoms. The summed E-state index contributed by atoms with van der Waals surface area (Å²) < 4.78 is 0. The zero-order valence-corrected chi connectivity index (χ0v) is 12.9. The Morgan fingerprint density at radius 1 is 1.21 bits per heavy atom. The Labute approximate surface area is 120 Å². The molecule has 0 spiro atoms. The number of likely N-dealkylation sites (N-methyl/N-ethyl adjacent to an activating group) is 1. The van der Waals surface area contributed by atoms with Gasteiger partial charge in [-0.1, -0.05) is 13.0 Å². The predicted molar refractivity (Wildman–Crippen MR) is 82.8 cm³/mol. The minimum Gasteiger partial charge on any atom is -0.355 e. The summed E-state index contributed by atoms with van der Waals surface area (Å²) in [6.07, 6.45) is 0.573. The number of aryl methyl sites for hydroxylation is 2. The Morgan fingerprint density at radius 2 is 2.00 bits per heavy atom. The molecule has 106 valence electrons. The summed E-state index contributed by atoms with van der Waals surface area (Å²) in [4.78, 5) is 12.8. The first-order chi connectivity index (χ1) is 9.13. The van der Waals surface area contributed by atoms with Crippen LogP contribution in [0.15, 0.2) is 23.1 Å². The normalized spacial score (nSPS) is 10.5. The third-order valence-corrected chi connectivity index (χ3v) is 3.95. The fourth-order valence-electron chi connectivity index (χ4n) is 1.62. The van der Waals surface area contributed by atoms with Crippen molar-refractivity contribution in [3.05, 3.63) is 29.3 Å². The highest BCUT2D eigenvalue weighted by atomic mass is 32.2. The second-order valence-corrected chi connectivity index (χ2v) is 5.72. The summed E-state index contributed by atoms with van der Waals surface area (Å²) in [6.45, 7) is 8.78. The molecule has 4 heteroatoms. The van der Waals surface area contributed by atoms with Gasteiger partial charge in [-0.3, -0.25) is 4.79 Å². The lowest BCUT2D eigenvalue weighted by molar-refractivity contribution is -0.120. The molecule has 0 heterocycles. The lowest BCUT2D eigenvalue weighted by Gasteiger charge is -2.06. The van der Waals surface area contributed by atoms with Crippen LogP contribution in [0, 0.1) is 13.8 Å². The minimum absolute atomic E-state index is 0.134. The summed E-state index contributed by atoms with van der Waals surface area (Å²) in [6, 6.07) is 6.44. The molecule has 0 aromatic heterocycles. The van der Waals surface area contributed by atoms with Crippen LogP contribution in [-0.2, 0) is 4.79 Å². The molecule has 1 aromatic rings. The quantitative estimate of drug-likeness (QED) is 0.568. The van der Waals surface area contributed by atoms with Crippen molar-refractivity contribution in [2.75, 3.05) is 25.4 Å². The van der Waals surface area contributed by atoms with Gasteiger partial charge in [0.15, 0.2) is 0 Å². The van der Waals surface area contributed by atoms with E-state index in [1.54, 1.807) is 11.8 Å². The van der Waals surface area contributed by atoms with Gasteiger partial charge in [0, 0.05) is 30.2 Å². The fourth-order valence-corrected chi connectivity index (χ4v) is 2.57. The van der Waals surface area contributed by atoms with E-state index in [0.29, 0.717) is 13.0 Å². The molecule has 0 radical (unpaired) electrons. The Hall–Kier alpha value is -1.00. The van der Waals surface area contributed by atoms with Crippen LogP contribution in [0.3, 0.4) is 0 Å². The van der Waals surface area contributed by atoms with Gasteiger partial charge in [0.1, 0.15) is 0 Å². The van der Waals surface area contributed by atoms with Crippen molar-refractivity contribution >= 4 is 17.7 Å². The molecule has 0 unspecified atom stereocenters. The average molecular weight is 280 g/mol. The highest BCUT2D eigenvalue weighted by Crippen LogP contribution is 2.21. The van der Waals surface area contributed by atoms with Gasteiger partial charge in [0.2, 0.25) is 5.91 Å². The van der Waals surface area contributed by atoms with Gasteiger partial charge >= 0.3 is 0 Å². The zero-order chi connectivity index (χ0) is 14.1. The Morgan fingerprint density at radius 3 is 2.68 bits per heavy atom. The number of benzene rings is 1. The van der Waals surface area contributed by atoms with E-state index < -0.39 is 0 Å². The topological polar surface area (TPSA) is 41.1 Å². The summed E-state index contributed by atoms with van der Waals surface area (Å²) in [5.41, 5.74) is 2.62. The van der Waals surface area contributed by atoms with E-state index in [-0.39, 0.29) is 5.91 Å². The van der Waals surface area contributed by atoms with Crippen molar-refractivity contribution in [3.63, 3.8) is 0 Å². The molecule has 0 fully saturated rings. The van der Waals surface area contributed by atoms with E-state index >= 15 is 0 Å². The van der Waals surface area contributed by atoms with Crippen LogP contribution in [0.4, 0.5) is 0 Å². The molecule has 1 amide bonds. The summed E-state index contributed by atoms with van der Waals surface area (Å²) >= 11 is 1.74. The lowest BCUT2D eigenvalue weighted by Crippen LogP contribution is -2.31. The van der Waals surface area contributed by atoms with E-state index in [9.17, 15) is 4.79 Å². The molecule has 0 aliphatic heterocycles. The number of amides is 1. The third-order valence-electron chi connectivity index (χ3n) is 2.95. The maximum absolute atomic E-state index is 11.6. The van der Waals surface area contributed by atoms with Crippen molar-refractivity contribution in [1.82, 2.24) is 10.6 Å². The second kappa shape index (κ2) is 8.99. The molecule has 0 aliphatic carbocycles. The van der Waals surface area contributed by atoms with Gasteiger partial charge in [0.25, 0.3) is 0 Å². The molecule has 2 N–H and O–H groups in total. The van der Waals surface area contributed by atoms with Crippen LogP contribution in [0.25, 0.3) is 0 Å². The van der Waals surface area contributed by atoms with Gasteiger partial charge in [0.05, 0.1) is 0 Å². The first-order valence-corrected chi connectivity index (χ1v) is 7.79. The van der Waals surface area contributed by atoms with Gasteiger partial charge < -0.3 is 10.6 Å². The minimum atomic E-state index is 0.134. The Bertz CT molecular complexity index is 407. The van der Waals surface area contributed by atoms with Crippen LogP contribution in [0.1, 0.15) is 24.5 Å². The van der Waals surface area contributed by atoms with Crippen molar-refractivity contribution in [1.29, 1.82) is 0 Å². The fraction of sp³-hybridized carbons (Fsp3) is 0.533. The van der Waals surface area contributed by atoms with Crippen molar-refractivity contribution < 1.29 is 4.79 Å². The Balaban J connectivity index is 2.18. The van der Waals surface area contributed by atoms with E-state index in [2.05, 4.69) is 49.6 Å². The van der Waals surface area contributed by atoms with E-state index in [1.807, 2.05) is 0 Å². The average Bonchev–Trinajstić information content (AvgIpc) is 2.39. The van der Waals surface area contributed by atoms with Gasteiger partial charge in [-0.25, -0.2) is 0 Å². The molecular formula is C15H24N2OS. The molecule has 3 nitrogen and oxygen atoms in total. The van der Waals surface area contributed by atoms with Crippen LogP contribution in [0.5, 0.6) is 0 Å². The van der Waals surface area contributed by atoms with Crippen LogP contribution in [0.2, 0.25) is 0 Å². The number of thioether (sulfide) groups is 1. The summed E-state index contributed by atoms with van der Waals surface area (Å²) in [7, 11) is 0. The smallest absolute Gasteiger partial charge is 0.220 e. The van der Waals surface area contributed by atoms with Crippen molar-refractivity contribution in [2.45, 2.75) is 32.1 Å². The highest BCUT2D eigenvalue weighted by molar-refractivity contribution is 7.99. The van der Waals surface area contributed by atoms with E-state index in [4.69, 9.17) is 0 Å². The number of rotatable bonds is 8. The highest BCUT2D eigenvalue weighted by Gasteiger charge is 2.02. The maximum Gasteiger partial charge on any atom is 0.220 e. The number of carbonyl (C=O) groups is 1. The predicted octanol–water partition coefficient (Wildman–Crippen LogP) is 2.51. The van der Waals surface area contributed by atoms with Crippen LogP contribution >= 0.6 is 11.8 Å². The number of nitrogens with one attached hydrogen (secondary N) is 2. The zero-order valence-electron chi connectivity index (χ0n) is 12.1. The monoisotopic (exact) mass is 280 g/mol. The van der Waals surface area contributed by atoms with E-state index in [0.717, 1.165) is 18.8 Å². The Kier molecular flexibility index (Phi) is 7.60. The van der Waals surface area contributed by atoms with Crippen molar-refractivity contribution in [2.24, 2.45) is 0 Å². The van der Waals surface area contributed by atoms with Gasteiger partial charge in [-0.05, 0) is 43.7 Å².